The number of thiophene rings is 1. The third-order valence-corrected chi connectivity index (χ3v) is 5.97. The zero-order valence-electron chi connectivity index (χ0n) is 16.1. The van der Waals surface area contributed by atoms with Gasteiger partial charge in [0.2, 0.25) is 5.91 Å². The number of carbonyl (C=O) groups excluding carboxylic acids is 2. The lowest BCUT2D eigenvalue weighted by molar-refractivity contribution is -0.130. The summed E-state index contributed by atoms with van der Waals surface area (Å²) >= 11 is 7.81. The molecule has 1 saturated heterocycles. The normalized spacial score (nSPS) is 15.9. The highest BCUT2D eigenvalue weighted by atomic mass is 35.5. The van der Waals surface area contributed by atoms with Crippen molar-refractivity contribution in [3.8, 4) is 5.75 Å². The summed E-state index contributed by atoms with van der Waals surface area (Å²) in [5.41, 5.74) is 0.444. The monoisotopic (exact) mass is 420 g/mol. The molecule has 1 aliphatic rings. The summed E-state index contributed by atoms with van der Waals surface area (Å²) in [4.78, 5) is 27.4. The van der Waals surface area contributed by atoms with Crippen molar-refractivity contribution in [1.82, 2.24) is 10.2 Å². The fraction of sp³-hybridized carbons (Fsp3) is 0.429. The fourth-order valence-corrected chi connectivity index (χ4v) is 4.34. The average Bonchev–Trinajstić information content (AvgIpc) is 3.16. The molecular formula is C21H25ClN2O3S. The van der Waals surface area contributed by atoms with E-state index in [0.717, 1.165) is 19.3 Å². The zero-order valence-corrected chi connectivity index (χ0v) is 17.7. The van der Waals surface area contributed by atoms with Gasteiger partial charge >= 0.3 is 0 Å². The number of hydrogen-bond acceptors (Lipinski definition) is 4. The van der Waals surface area contributed by atoms with Gasteiger partial charge in [-0.3, -0.25) is 9.59 Å². The average molecular weight is 421 g/mol. The summed E-state index contributed by atoms with van der Waals surface area (Å²) in [7, 11) is 0. The van der Waals surface area contributed by atoms with E-state index in [-0.39, 0.29) is 24.0 Å². The molecule has 0 bridgehead atoms. The van der Waals surface area contributed by atoms with Crippen LogP contribution in [0.2, 0.25) is 5.02 Å². The second-order valence-corrected chi connectivity index (χ2v) is 8.59. The number of carbonyl (C=O) groups is 2. The number of ether oxygens (including phenoxy) is 1. The minimum Gasteiger partial charge on any atom is -0.489 e. The molecule has 2 heterocycles. The molecule has 150 valence electrons. The van der Waals surface area contributed by atoms with Gasteiger partial charge in [0, 0.05) is 55.2 Å². The van der Waals surface area contributed by atoms with E-state index in [1.165, 1.54) is 4.88 Å². The number of amides is 2. The van der Waals surface area contributed by atoms with Crippen LogP contribution in [0.5, 0.6) is 5.75 Å². The van der Waals surface area contributed by atoms with Crippen molar-refractivity contribution in [3.05, 3.63) is 51.2 Å². The molecule has 1 aromatic carbocycles. The Morgan fingerprint density at radius 1 is 1.32 bits per heavy atom. The zero-order chi connectivity index (χ0) is 20.1. The van der Waals surface area contributed by atoms with Crippen LogP contribution < -0.4 is 10.1 Å². The standard InChI is InChI=1S/C21H25ClN2O3S/c1-14(12-18-4-3-11-28-18)23-21(26)19-13-16(22)5-6-20(19)27-17-7-9-24(10-8-17)15(2)25/h3-6,11,13-14,17H,7-10,12H2,1-2H3,(H,23,26). The first kappa shape index (κ1) is 20.7. The number of hydrogen-bond donors (Lipinski definition) is 1. The molecule has 2 amide bonds. The molecule has 3 rings (SSSR count). The van der Waals surface area contributed by atoms with Crippen molar-refractivity contribution in [3.63, 3.8) is 0 Å². The van der Waals surface area contributed by atoms with E-state index in [1.807, 2.05) is 23.3 Å². The molecule has 28 heavy (non-hydrogen) atoms. The predicted molar refractivity (Wildman–Crippen MR) is 112 cm³/mol. The number of nitrogens with one attached hydrogen (secondary N) is 1. The van der Waals surface area contributed by atoms with Crippen molar-refractivity contribution in [2.75, 3.05) is 13.1 Å². The quantitative estimate of drug-likeness (QED) is 0.763. The van der Waals surface area contributed by atoms with Crippen LogP contribution in [0.15, 0.2) is 35.7 Å². The molecule has 7 heteroatoms. The molecule has 1 aromatic heterocycles. The van der Waals surface area contributed by atoms with Crippen molar-refractivity contribution in [1.29, 1.82) is 0 Å². The Morgan fingerprint density at radius 2 is 2.07 bits per heavy atom. The number of likely N-dealkylation sites (tertiary alicyclic amines) is 1. The first-order chi connectivity index (χ1) is 13.4. The molecule has 1 unspecified atom stereocenters. The van der Waals surface area contributed by atoms with Crippen LogP contribution in [0.1, 0.15) is 41.9 Å². The Hall–Kier alpha value is -2.05. The summed E-state index contributed by atoms with van der Waals surface area (Å²) in [6.07, 6.45) is 2.26. The summed E-state index contributed by atoms with van der Waals surface area (Å²) in [5, 5.41) is 5.56. The Labute approximate surface area is 174 Å². The van der Waals surface area contributed by atoms with Gasteiger partial charge in [0.25, 0.3) is 5.91 Å². The molecule has 1 fully saturated rings. The SMILES string of the molecule is CC(=O)N1CCC(Oc2ccc(Cl)cc2C(=O)NC(C)Cc2cccs2)CC1. The predicted octanol–water partition coefficient (Wildman–Crippen LogP) is 4.15. The van der Waals surface area contributed by atoms with Crippen LogP contribution in [-0.4, -0.2) is 41.9 Å². The summed E-state index contributed by atoms with van der Waals surface area (Å²) in [6, 6.07) is 9.20. The Balaban J connectivity index is 1.65. The van der Waals surface area contributed by atoms with Gasteiger partial charge in [0.15, 0.2) is 0 Å². The Kier molecular flexibility index (Phi) is 6.97. The molecule has 0 radical (unpaired) electrons. The lowest BCUT2D eigenvalue weighted by Crippen LogP contribution is -2.41. The van der Waals surface area contributed by atoms with Crippen molar-refractivity contribution in [2.24, 2.45) is 0 Å². The smallest absolute Gasteiger partial charge is 0.255 e. The van der Waals surface area contributed by atoms with Crippen LogP contribution in [-0.2, 0) is 11.2 Å². The molecule has 1 atom stereocenters. The first-order valence-corrected chi connectivity index (χ1v) is 10.7. The third-order valence-electron chi connectivity index (χ3n) is 4.83. The van der Waals surface area contributed by atoms with E-state index >= 15 is 0 Å². The molecule has 5 nitrogen and oxygen atoms in total. The van der Waals surface area contributed by atoms with Crippen LogP contribution in [0.25, 0.3) is 0 Å². The molecule has 2 aromatic rings. The van der Waals surface area contributed by atoms with E-state index in [9.17, 15) is 9.59 Å². The van der Waals surface area contributed by atoms with Gasteiger partial charge < -0.3 is 15.0 Å². The van der Waals surface area contributed by atoms with Crippen LogP contribution in [0, 0.1) is 0 Å². The maximum Gasteiger partial charge on any atom is 0.255 e. The van der Waals surface area contributed by atoms with Crippen molar-refractivity contribution in [2.45, 2.75) is 45.3 Å². The van der Waals surface area contributed by atoms with Gasteiger partial charge in [-0.2, -0.15) is 0 Å². The second kappa shape index (κ2) is 9.43. The van der Waals surface area contributed by atoms with E-state index in [1.54, 1.807) is 36.5 Å². The Bertz CT molecular complexity index is 817. The maximum absolute atomic E-state index is 12.8. The minimum atomic E-state index is -0.192. The lowest BCUT2D eigenvalue weighted by Gasteiger charge is -2.31. The lowest BCUT2D eigenvalue weighted by atomic mass is 10.1. The highest BCUT2D eigenvalue weighted by molar-refractivity contribution is 7.09. The summed E-state index contributed by atoms with van der Waals surface area (Å²) < 4.78 is 6.12. The number of benzene rings is 1. The van der Waals surface area contributed by atoms with E-state index in [4.69, 9.17) is 16.3 Å². The van der Waals surface area contributed by atoms with E-state index < -0.39 is 0 Å². The molecular weight excluding hydrogens is 396 g/mol. The van der Waals surface area contributed by atoms with Gasteiger partial charge in [-0.1, -0.05) is 17.7 Å². The number of piperidine rings is 1. The molecule has 1 aliphatic heterocycles. The molecule has 1 N–H and O–H groups in total. The highest BCUT2D eigenvalue weighted by Gasteiger charge is 2.24. The topological polar surface area (TPSA) is 58.6 Å². The fourth-order valence-electron chi connectivity index (χ4n) is 3.33. The maximum atomic E-state index is 12.8. The number of rotatable bonds is 6. The largest absolute Gasteiger partial charge is 0.489 e. The molecule has 0 spiro atoms. The van der Waals surface area contributed by atoms with Gasteiger partial charge in [-0.25, -0.2) is 0 Å². The summed E-state index contributed by atoms with van der Waals surface area (Å²) in [5.74, 6) is 0.430. The molecule has 0 saturated carbocycles. The third kappa shape index (κ3) is 5.49. The minimum absolute atomic E-state index is 0.00298. The Morgan fingerprint density at radius 3 is 2.71 bits per heavy atom. The highest BCUT2D eigenvalue weighted by Crippen LogP contribution is 2.26. The van der Waals surface area contributed by atoms with Crippen molar-refractivity contribution < 1.29 is 14.3 Å². The van der Waals surface area contributed by atoms with Gasteiger partial charge in [0.05, 0.1) is 5.56 Å². The van der Waals surface area contributed by atoms with Crippen molar-refractivity contribution >= 4 is 34.8 Å². The number of nitrogens with zero attached hydrogens (tertiary/aromatic N) is 1. The first-order valence-electron chi connectivity index (χ1n) is 9.47. The van der Waals surface area contributed by atoms with Gasteiger partial charge in [-0.05, 0) is 36.6 Å². The van der Waals surface area contributed by atoms with Gasteiger partial charge in [0.1, 0.15) is 11.9 Å². The van der Waals surface area contributed by atoms with E-state index in [0.29, 0.717) is 29.4 Å². The van der Waals surface area contributed by atoms with Crippen LogP contribution in [0.3, 0.4) is 0 Å². The summed E-state index contributed by atoms with van der Waals surface area (Å²) in [6.45, 7) is 4.92. The molecule has 0 aliphatic carbocycles. The second-order valence-electron chi connectivity index (χ2n) is 7.12. The van der Waals surface area contributed by atoms with E-state index in [2.05, 4.69) is 11.4 Å². The van der Waals surface area contributed by atoms with Crippen LogP contribution >= 0.6 is 22.9 Å². The van der Waals surface area contributed by atoms with Gasteiger partial charge in [-0.15, -0.1) is 11.3 Å². The van der Waals surface area contributed by atoms with Crippen LogP contribution in [0.4, 0.5) is 0 Å². The number of halogens is 1.